The van der Waals surface area contributed by atoms with Crippen molar-refractivity contribution in [2.24, 2.45) is 0 Å². The van der Waals surface area contributed by atoms with Gasteiger partial charge in [-0.2, -0.15) is 0 Å². The predicted molar refractivity (Wildman–Crippen MR) is 73.9 cm³/mol. The van der Waals surface area contributed by atoms with Crippen LogP contribution in [0.3, 0.4) is 0 Å². The largest absolute Gasteiger partial charge is 0.314 e. The number of rotatable bonds is 6. The molecule has 0 aromatic heterocycles. The number of Topliss-reactive ketones (excluding diaryl/α,β-unsaturated/α-hetero) is 1. The van der Waals surface area contributed by atoms with Crippen LogP contribution in [0.4, 0.5) is 0 Å². The average molecular weight is 246 g/mol. The van der Waals surface area contributed by atoms with Gasteiger partial charge in [0.15, 0.2) is 5.78 Å². The first kappa shape index (κ1) is 13.2. The Morgan fingerprint density at radius 2 is 2.11 bits per heavy atom. The van der Waals surface area contributed by atoms with Gasteiger partial charge in [0.05, 0.1) is 6.54 Å². The zero-order valence-electron chi connectivity index (χ0n) is 10.8. The zero-order valence-corrected chi connectivity index (χ0v) is 10.8. The fourth-order valence-corrected chi connectivity index (χ4v) is 2.37. The lowest BCUT2D eigenvalue weighted by atomic mass is 10.0. The van der Waals surface area contributed by atoms with Crippen molar-refractivity contribution in [1.82, 2.24) is 10.6 Å². The van der Waals surface area contributed by atoms with Gasteiger partial charge in [0, 0.05) is 11.6 Å². The van der Waals surface area contributed by atoms with Gasteiger partial charge in [0.1, 0.15) is 0 Å². The fourth-order valence-electron chi connectivity index (χ4n) is 2.37. The second-order valence-corrected chi connectivity index (χ2v) is 4.90. The minimum atomic E-state index is 0.173. The first-order valence-corrected chi connectivity index (χ1v) is 6.88. The standard InChI is InChI=1S/C15H22N2O/c18-15(13-6-2-1-3-7-13)12-16-11-9-14-8-4-5-10-17-14/h1-3,6-7,14,16-17H,4-5,8-12H2. The Bertz CT molecular complexity index is 358. The molecule has 1 fully saturated rings. The molecule has 2 N–H and O–H groups in total. The molecule has 0 amide bonds. The molecule has 1 heterocycles. The molecule has 0 saturated carbocycles. The SMILES string of the molecule is O=C(CNCCC1CCCCN1)c1ccccc1. The van der Waals surface area contributed by atoms with E-state index in [1.54, 1.807) is 0 Å². The van der Waals surface area contributed by atoms with Gasteiger partial charge >= 0.3 is 0 Å². The minimum Gasteiger partial charge on any atom is -0.314 e. The lowest BCUT2D eigenvalue weighted by molar-refractivity contribution is 0.0990. The molecule has 18 heavy (non-hydrogen) atoms. The topological polar surface area (TPSA) is 41.1 Å². The molecule has 1 aliphatic heterocycles. The maximum atomic E-state index is 11.8. The maximum Gasteiger partial charge on any atom is 0.176 e. The molecule has 2 rings (SSSR count). The summed E-state index contributed by atoms with van der Waals surface area (Å²) in [5.74, 6) is 0.173. The third-order valence-electron chi connectivity index (χ3n) is 3.46. The highest BCUT2D eigenvalue weighted by Gasteiger charge is 2.11. The number of ketones is 1. The van der Waals surface area contributed by atoms with Gasteiger partial charge < -0.3 is 10.6 Å². The normalized spacial score (nSPS) is 19.7. The van der Waals surface area contributed by atoms with Crippen LogP contribution in [0, 0.1) is 0 Å². The molecule has 0 bridgehead atoms. The smallest absolute Gasteiger partial charge is 0.176 e. The molecule has 1 aromatic rings. The summed E-state index contributed by atoms with van der Waals surface area (Å²) in [5, 5.41) is 6.76. The summed E-state index contributed by atoms with van der Waals surface area (Å²) in [6.45, 7) is 2.50. The first-order valence-electron chi connectivity index (χ1n) is 6.88. The van der Waals surface area contributed by atoms with E-state index in [0.29, 0.717) is 12.6 Å². The Morgan fingerprint density at radius 1 is 1.28 bits per heavy atom. The molecule has 1 saturated heterocycles. The van der Waals surface area contributed by atoms with Crippen molar-refractivity contribution in [3.63, 3.8) is 0 Å². The molecule has 1 atom stereocenters. The van der Waals surface area contributed by atoms with E-state index in [9.17, 15) is 4.79 Å². The molecule has 0 spiro atoms. The predicted octanol–water partition coefficient (Wildman–Crippen LogP) is 1.99. The first-order chi connectivity index (χ1) is 8.86. The Labute approximate surface area is 109 Å². The van der Waals surface area contributed by atoms with Crippen molar-refractivity contribution < 1.29 is 4.79 Å². The Kier molecular flexibility index (Phi) is 5.36. The highest BCUT2D eigenvalue weighted by molar-refractivity contribution is 5.97. The number of hydrogen-bond acceptors (Lipinski definition) is 3. The van der Waals surface area contributed by atoms with Crippen molar-refractivity contribution in [2.45, 2.75) is 31.7 Å². The molecular weight excluding hydrogens is 224 g/mol. The van der Waals surface area contributed by atoms with Gasteiger partial charge in [0.2, 0.25) is 0 Å². The second kappa shape index (κ2) is 7.29. The Balaban J connectivity index is 1.62. The second-order valence-electron chi connectivity index (χ2n) is 4.90. The number of nitrogens with one attached hydrogen (secondary N) is 2. The highest BCUT2D eigenvalue weighted by Crippen LogP contribution is 2.09. The van der Waals surface area contributed by atoms with Crippen molar-refractivity contribution in [3.8, 4) is 0 Å². The summed E-state index contributed by atoms with van der Waals surface area (Å²) in [4.78, 5) is 11.8. The molecular formula is C15H22N2O. The van der Waals surface area contributed by atoms with Crippen molar-refractivity contribution >= 4 is 5.78 Å². The summed E-state index contributed by atoms with van der Waals surface area (Å²) < 4.78 is 0. The van der Waals surface area contributed by atoms with E-state index in [-0.39, 0.29) is 5.78 Å². The van der Waals surface area contributed by atoms with E-state index in [1.807, 2.05) is 30.3 Å². The third-order valence-corrected chi connectivity index (χ3v) is 3.46. The molecule has 0 aliphatic carbocycles. The van der Waals surface area contributed by atoms with Crippen LogP contribution in [0.25, 0.3) is 0 Å². The molecule has 1 aliphatic rings. The van der Waals surface area contributed by atoms with Gasteiger partial charge in [-0.25, -0.2) is 0 Å². The van der Waals surface area contributed by atoms with Gasteiger partial charge in [-0.15, -0.1) is 0 Å². The van der Waals surface area contributed by atoms with Crippen LogP contribution in [0.5, 0.6) is 0 Å². The molecule has 98 valence electrons. The van der Waals surface area contributed by atoms with E-state index in [0.717, 1.165) is 25.1 Å². The van der Waals surface area contributed by atoms with Crippen LogP contribution in [0.15, 0.2) is 30.3 Å². The lowest BCUT2D eigenvalue weighted by Gasteiger charge is -2.23. The molecule has 1 aromatic carbocycles. The van der Waals surface area contributed by atoms with E-state index in [4.69, 9.17) is 0 Å². The number of carbonyl (C=O) groups is 1. The quantitative estimate of drug-likeness (QED) is 0.596. The van der Waals surface area contributed by atoms with Gasteiger partial charge in [0.25, 0.3) is 0 Å². The summed E-state index contributed by atoms with van der Waals surface area (Å²) in [6.07, 6.45) is 5.02. The molecule has 1 unspecified atom stereocenters. The lowest BCUT2D eigenvalue weighted by Crippen LogP contribution is -2.37. The summed E-state index contributed by atoms with van der Waals surface area (Å²) in [7, 11) is 0. The van der Waals surface area contributed by atoms with E-state index >= 15 is 0 Å². The third kappa shape index (κ3) is 4.24. The fraction of sp³-hybridized carbons (Fsp3) is 0.533. The van der Waals surface area contributed by atoms with E-state index in [1.165, 1.54) is 19.3 Å². The van der Waals surface area contributed by atoms with E-state index < -0.39 is 0 Å². The number of benzene rings is 1. The van der Waals surface area contributed by atoms with Gasteiger partial charge in [-0.1, -0.05) is 36.8 Å². The number of carbonyl (C=O) groups excluding carboxylic acids is 1. The van der Waals surface area contributed by atoms with Gasteiger partial charge in [-0.3, -0.25) is 4.79 Å². The monoisotopic (exact) mass is 246 g/mol. The van der Waals surface area contributed by atoms with Crippen LogP contribution in [0.2, 0.25) is 0 Å². The van der Waals surface area contributed by atoms with Crippen LogP contribution < -0.4 is 10.6 Å². The summed E-state index contributed by atoms with van der Waals surface area (Å²) in [5.41, 5.74) is 0.792. The van der Waals surface area contributed by atoms with Crippen LogP contribution in [-0.2, 0) is 0 Å². The Hall–Kier alpha value is -1.19. The zero-order chi connectivity index (χ0) is 12.6. The number of hydrogen-bond donors (Lipinski definition) is 2. The maximum absolute atomic E-state index is 11.8. The van der Waals surface area contributed by atoms with Crippen LogP contribution >= 0.6 is 0 Å². The summed E-state index contributed by atoms with van der Waals surface area (Å²) in [6, 6.07) is 10.1. The summed E-state index contributed by atoms with van der Waals surface area (Å²) >= 11 is 0. The molecule has 3 heteroatoms. The van der Waals surface area contributed by atoms with E-state index in [2.05, 4.69) is 10.6 Å². The van der Waals surface area contributed by atoms with Crippen molar-refractivity contribution in [3.05, 3.63) is 35.9 Å². The van der Waals surface area contributed by atoms with Crippen LogP contribution in [-0.4, -0.2) is 31.5 Å². The Morgan fingerprint density at radius 3 is 2.83 bits per heavy atom. The van der Waals surface area contributed by atoms with Crippen molar-refractivity contribution in [2.75, 3.05) is 19.6 Å². The molecule has 3 nitrogen and oxygen atoms in total. The number of piperidine rings is 1. The average Bonchev–Trinajstić information content (AvgIpc) is 2.45. The minimum absolute atomic E-state index is 0.173. The van der Waals surface area contributed by atoms with Crippen molar-refractivity contribution in [1.29, 1.82) is 0 Å². The molecule has 0 radical (unpaired) electrons. The van der Waals surface area contributed by atoms with Gasteiger partial charge in [-0.05, 0) is 32.4 Å². The highest BCUT2D eigenvalue weighted by atomic mass is 16.1. The van der Waals surface area contributed by atoms with Crippen LogP contribution in [0.1, 0.15) is 36.0 Å².